The smallest absolute Gasteiger partial charge is 0.315 e. The van der Waals surface area contributed by atoms with Crippen molar-refractivity contribution in [2.45, 2.75) is 0 Å². The SMILES string of the molecule is NC1=C(NC(=O)c2ccccc2)C(=O)N=N1. The summed E-state index contributed by atoms with van der Waals surface area (Å²) in [4.78, 5) is 22.8. The Hall–Kier alpha value is -2.50. The zero-order valence-corrected chi connectivity index (χ0v) is 8.18. The van der Waals surface area contributed by atoms with E-state index in [9.17, 15) is 9.59 Å². The number of azo groups is 1. The number of carbonyl (C=O) groups excluding carboxylic acids is 2. The van der Waals surface area contributed by atoms with Crippen LogP contribution in [0.3, 0.4) is 0 Å². The average molecular weight is 216 g/mol. The number of benzene rings is 1. The number of carbonyl (C=O) groups is 2. The molecular weight excluding hydrogens is 208 g/mol. The van der Waals surface area contributed by atoms with Crippen LogP contribution < -0.4 is 11.1 Å². The predicted octanol–water partition coefficient (Wildman–Crippen LogP) is 0.537. The molecule has 0 spiro atoms. The van der Waals surface area contributed by atoms with Gasteiger partial charge < -0.3 is 11.1 Å². The molecule has 1 aromatic rings. The topological polar surface area (TPSA) is 96.9 Å². The highest BCUT2D eigenvalue weighted by atomic mass is 16.2. The number of nitrogens with zero attached hydrogens (tertiary/aromatic N) is 2. The number of hydrogen-bond acceptors (Lipinski definition) is 4. The van der Waals surface area contributed by atoms with Crippen LogP contribution in [0.4, 0.5) is 0 Å². The van der Waals surface area contributed by atoms with Gasteiger partial charge in [-0.25, -0.2) is 0 Å². The lowest BCUT2D eigenvalue weighted by Gasteiger charge is -2.03. The van der Waals surface area contributed by atoms with Crippen molar-refractivity contribution < 1.29 is 9.59 Å². The molecule has 0 fully saturated rings. The molecular formula is C10H8N4O2. The molecule has 1 aromatic carbocycles. The van der Waals surface area contributed by atoms with E-state index in [4.69, 9.17) is 5.73 Å². The van der Waals surface area contributed by atoms with E-state index in [0.29, 0.717) is 5.56 Å². The summed E-state index contributed by atoms with van der Waals surface area (Å²) in [5.74, 6) is -1.13. The monoisotopic (exact) mass is 216 g/mol. The van der Waals surface area contributed by atoms with E-state index in [1.165, 1.54) is 0 Å². The lowest BCUT2D eigenvalue weighted by atomic mass is 10.2. The first-order valence-electron chi connectivity index (χ1n) is 4.50. The summed E-state index contributed by atoms with van der Waals surface area (Å²) < 4.78 is 0. The molecule has 0 saturated heterocycles. The van der Waals surface area contributed by atoms with Crippen LogP contribution >= 0.6 is 0 Å². The molecule has 0 saturated carbocycles. The summed E-state index contributed by atoms with van der Waals surface area (Å²) in [5.41, 5.74) is 5.74. The first kappa shape index (κ1) is 10.0. The van der Waals surface area contributed by atoms with Gasteiger partial charge in [-0.15, -0.1) is 10.2 Å². The molecule has 1 aliphatic rings. The Bertz CT molecular complexity index is 505. The quantitative estimate of drug-likeness (QED) is 0.754. The highest BCUT2D eigenvalue weighted by Gasteiger charge is 2.21. The summed E-state index contributed by atoms with van der Waals surface area (Å²) in [7, 11) is 0. The summed E-state index contributed by atoms with van der Waals surface area (Å²) in [6, 6.07) is 8.48. The molecule has 2 rings (SSSR count). The minimum Gasteiger partial charge on any atom is -0.380 e. The minimum atomic E-state index is -0.637. The third-order valence-electron chi connectivity index (χ3n) is 1.99. The van der Waals surface area contributed by atoms with Crippen LogP contribution in [-0.2, 0) is 4.79 Å². The second-order valence-corrected chi connectivity index (χ2v) is 3.09. The summed E-state index contributed by atoms with van der Waals surface area (Å²) in [5, 5.41) is 8.95. The van der Waals surface area contributed by atoms with E-state index >= 15 is 0 Å². The molecule has 0 atom stereocenters. The maximum Gasteiger partial charge on any atom is 0.315 e. The Balaban J connectivity index is 2.16. The minimum absolute atomic E-state index is 0.0747. The summed E-state index contributed by atoms with van der Waals surface area (Å²) >= 11 is 0. The molecule has 2 amide bonds. The molecule has 1 aliphatic heterocycles. The first-order chi connectivity index (χ1) is 7.68. The van der Waals surface area contributed by atoms with Crippen molar-refractivity contribution in [2.24, 2.45) is 16.0 Å². The molecule has 0 aliphatic carbocycles. The molecule has 0 unspecified atom stereocenters. The van der Waals surface area contributed by atoms with Crippen molar-refractivity contribution in [3.05, 3.63) is 47.4 Å². The Morgan fingerprint density at radius 3 is 2.44 bits per heavy atom. The van der Waals surface area contributed by atoms with Gasteiger partial charge in [0.15, 0.2) is 11.5 Å². The molecule has 3 N–H and O–H groups in total. The fourth-order valence-corrected chi connectivity index (χ4v) is 1.20. The van der Waals surface area contributed by atoms with Crippen molar-refractivity contribution in [3.8, 4) is 0 Å². The van der Waals surface area contributed by atoms with Crippen LogP contribution in [0.1, 0.15) is 10.4 Å². The van der Waals surface area contributed by atoms with Gasteiger partial charge in [-0.3, -0.25) is 9.59 Å². The van der Waals surface area contributed by atoms with Crippen molar-refractivity contribution >= 4 is 11.8 Å². The lowest BCUT2D eigenvalue weighted by molar-refractivity contribution is -0.114. The molecule has 1 heterocycles. The van der Waals surface area contributed by atoms with Crippen molar-refractivity contribution in [2.75, 3.05) is 0 Å². The highest BCUT2D eigenvalue weighted by molar-refractivity contribution is 6.04. The molecule has 80 valence electrons. The average Bonchev–Trinajstić information content (AvgIpc) is 2.62. The van der Waals surface area contributed by atoms with E-state index in [2.05, 4.69) is 15.5 Å². The van der Waals surface area contributed by atoms with Gasteiger partial charge in [0.2, 0.25) is 0 Å². The molecule has 6 heteroatoms. The Morgan fingerprint density at radius 2 is 1.88 bits per heavy atom. The largest absolute Gasteiger partial charge is 0.380 e. The molecule has 6 nitrogen and oxygen atoms in total. The van der Waals surface area contributed by atoms with Crippen LogP contribution in [0.15, 0.2) is 52.1 Å². The summed E-state index contributed by atoms with van der Waals surface area (Å²) in [6.07, 6.45) is 0. The lowest BCUT2D eigenvalue weighted by Crippen LogP contribution is -2.27. The van der Waals surface area contributed by atoms with E-state index < -0.39 is 11.8 Å². The number of hydrogen-bond donors (Lipinski definition) is 2. The van der Waals surface area contributed by atoms with Crippen molar-refractivity contribution in [1.82, 2.24) is 5.32 Å². The molecule has 16 heavy (non-hydrogen) atoms. The zero-order chi connectivity index (χ0) is 11.5. The Morgan fingerprint density at radius 1 is 1.19 bits per heavy atom. The Labute approximate surface area is 90.9 Å². The van der Waals surface area contributed by atoms with Crippen molar-refractivity contribution in [3.63, 3.8) is 0 Å². The Kier molecular flexibility index (Phi) is 2.47. The van der Waals surface area contributed by atoms with Crippen LogP contribution in [0.25, 0.3) is 0 Å². The third kappa shape index (κ3) is 1.81. The normalized spacial score (nSPS) is 14.4. The maximum atomic E-state index is 11.7. The van der Waals surface area contributed by atoms with E-state index in [-0.39, 0.29) is 11.5 Å². The van der Waals surface area contributed by atoms with Gasteiger partial charge in [0.25, 0.3) is 5.91 Å². The second kappa shape index (κ2) is 3.93. The van der Waals surface area contributed by atoms with Gasteiger partial charge in [-0.2, -0.15) is 0 Å². The molecule has 0 bridgehead atoms. The van der Waals surface area contributed by atoms with E-state index in [1.807, 2.05) is 0 Å². The van der Waals surface area contributed by atoms with Crippen molar-refractivity contribution in [1.29, 1.82) is 0 Å². The predicted molar refractivity (Wildman–Crippen MR) is 55.0 cm³/mol. The fraction of sp³-hybridized carbons (Fsp3) is 0. The first-order valence-corrected chi connectivity index (χ1v) is 4.50. The van der Waals surface area contributed by atoms with Crippen LogP contribution in [0.2, 0.25) is 0 Å². The second-order valence-electron chi connectivity index (χ2n) is 3.09. The van der Waals surface area contributed by atoms with Gasteiger partial charge in [0, 0.05) is 5.56 Å². The van der Waals surface area contributed by atoms with E-state index in [0.717, 1.165) is 0 Å². The van der Waals surface area contributed by atoms with Crippen LogP contribution in [0.5, 0.6) is 0 Å². The van der Waals surface area contributed by atoms with Gasteiger partial charge in [0.1, 0.15) is 0 Å². The number of amides is 2. The highest BCUT2D eigenvalue weighted by Crippen LogP contribution is 2.10. The van der Waals surface area contributed by atoms with Crippen LogP contribution in [-0.4, -0.2) is 11.8 Å². The van der Waals surface area contributed by atoms with Gasteiger partial charge in [0.05, 0.1) is 0 Å². The van der Waals surface area contributed by atoms with Gasteiger partial charge in [-0.1, -0.05) is 18.2 Å². The standard InChI is InChI=1S/C10H8N4O2/c11-8-7(10(16)14-13-8)12-9(15)6-4-2-1-3-5-6/h1-5H,(H3,11,12,13,14,15,16). The van der Waals surface area contributed by atoms with Gasteiger partial charge >= 0.3 is 5.91 Å². The number of nitrogens with one attached hydrogen (secondary N) is 1. The van der Waals surface area contributed by atoms with E-state index in [1.54, 1.807) is 30.3 Å². The number of rotatable bonds is 2. The molecule has 0 aromatic heterocycles. The number of nitrogens with two attached hydrogens (primary N) is 1. The fourth-order valence-electron chi connectivity index (χ4n) is 1.20. The van der Waals surface area contributed by atoms with Crippen LogP contribution in [0, 0.1) is 0 Å². The van der Waals surface area contributed by atoms with Gasteiger partial charge in [-0.05, 0) is 12.1 Å². The third-order valence-corrected chi connectivity index (χ3v) is 1.99. The summed E-state index contributed by atoms with van der Waals surface area (Å²) in [6.45, 7) is 0. The molecule has 0 radical (unpaired) electrons. The maximum absolute atomic E-state index is 11.7. The zero-order valence-electron chi connectivity index (χ0n) is 8.18.